The monoisotopic (exact) mass is 415 g/mol. The van der Waals surface area contributed by atoms with Crippen LogP contribution in [0.5, 0.6) is 0 Å². The minimum absolute atomic E-state index is 0.0845. The van der Waals surface area contributed by atoms with Crippen LogP contribution >= 0.6 is 22.7 Å². The van der Waals surface area contributed by atoms with E-state index in [1.807, 2.05) is 21.7 Å². The molecule has 0 atom stereocenters. The third-order valence-electron chi connectivity index (χ3n) is 4.80. The van der Waals surface area contributed by atoms with E-state index >= 15 is 0 Å². The summed E-state index contributed by atoms with van der Waals surface area (Å²) in [6.07, 6.45) is 5.11. The number of hydrogen-bond acceptors (Lipinski definition) is 6. The summed E-state index contributed by atoms with van der Waals surface area (Å²) in [7, 11) is 1.78. The maximum absolute atomic E-state index is 12.6. The third kappa shape index (κ3) is 4.31. The predicted octanol–water partition coefficient (Wildman–Crippen LogP) is 2.57. The van der Waals surface area contributed by atoms with Crippen LogP contribution in [-0.4, -0.2) is 50.6 Å². The third-order valence-corrected chi connectivity index (χ3v) is 6.43. The molecule has 0 saturated carbocycles. The Morgan fingerprint density at radius 1 is 1.29 bits per heavy atom. The van der Waals surface area contributed by atoms with Crippen LogP contribution in [0.3, 0.4) is 0 Å². The first kappa shape index (κ1) is 18.8. The Morgan fingerprint density at radius 3 is 2.79 bits per heavy atom. The quantitative estimate of drug-likeness (QED) is 0.695. The second kappa shape index (κ2) is 8.24. The molecule has 0 spiro atoms. The lowest BCUT2D eigenvalue weighted by atomic mass is 10.0. The average Bonchev–Trinajstić information content (AvgIpc) is 3.43. The van der Waals surface area contributed by atoms with Crippen LogP contribution < -0.4 is 5.32 Å². The summed E-state index contributed by atoms with van der Waals surface area (Å²) in [6.45, 7) is 1.30. The van der Waals surface area contributed by atoms with Gasteiger partial charge in [-0.25, -0.2) is 4.98 Å². The normalized spacial score (nSPS) is 15.0. The van der Waals surface area contributed by atoms with Gasteiger partial charge in [-0.15, -0.1) is 11.3 Å². The van der Waals surface area contributed by atoms with Gasteiger partial charge in [0.1, 0.15) is 5.01 Å². The number of nitrogens with one attached hydrogen (secondary N) is 1. The van der Waals surface area contributed by atoms with Gasteiger partial charge in [0, 0.05) is 48.7 Å². The molecular weight excluding hydrogens is 394 g/mol. The van der Waals surface area contributed by atoms with Crippen molar-refractivity contribution in [3.63, 3.8) is 0 Å². The SMILES string of the molecule is Cn1cc(C(=O)NC2CCN(C(=O)Cc3csc(-c4ccsc4)n3)CC2)cn1. The molecule has 28 heavy (non-hydrogen) atoms. The molecule has 3 aromatic rings. The Morgan fingerprint density at radius 2 is 2.11 bits per heavy atom. The van der Waals surface area contributed by atoms with E-state index in [2.05, 4.69) is 20.8 Å². The number of carbonyl (C=O) groups excluding carboxylic acids is 2. The zero-order valence-electron chi connectivity index (χ0n) is 15.5. The van der Waals surface area contributed by atoms with Gasteiger partial charge >= 0.3 is 0 Å². The van der Waals surface area contributed by atoms with Crippen molar-refractivity contribution >= 4 is 34.5 Å². The summed E-state index contributed by atoms with van der Waals surface area (Å²) >= 11 is 3.21. The minimum atomic E-state index is -0.110. The highest BCUT2D eigenvalue weighted by molar-refractivity contribution is 7.14. The number of thiophene rings is 1. The molecule has 1 saturated heterocycles. The number of hydrogen-bond donors (Lipinski definition) is 1. The second-order valence-electron chi connectivity index (χ2n) is 6.86. The Hall–Kier alpha value is -2.52. The van der Waals surface area contributed by atoms with E-state index in [1.165, 1.54) is 0 Å². The highest BCUT2D eigenvalue weighted by atomic mass is 32.1. The van der Waals surface area contributed by atoms with Crippen molar-refractivity contribution in [2.24, 2.45) is 7.05 Å². The summed E-state index contributed by atoms with van der Waals surface area (Å²) in [6, 6.07) is 2.13. The number of amides is 2. The van der Waals surface area contributed by atoms with Gasteiger partial charge in [-0.05, 0) is 24.3 Å². The van der Waals surface area contributed by atoms with Crippen molar-refractivity contribution in [3.05, 3.63) is 45.9 Å². The molecule has 0 aromatic carbocycles. The van der Waals surface area contributed by atoms with E-state index in [4.69, 9.17) is 0 Å². The Bertz CT molecular complexity index is 955. The van der Waals surface area contributed by atoms with Crippen LogP contribution in [0.4, 0.5) is 0 Å². The van der Waals surface area contributed by atoms with Crippen LogP contribution in [0.2, 0.25) is 0 Å². The van der Waals surface area contributed by atoms with Gasteiger partial charge in [-0.3, -0.25) is 14.3 Å². The lowest BCUT2D eigenvalue weighted by Gasteiger charge is -2.32. The van der Waals surface area contributed by atoms with Gasteiger partial charge in [0.25, 0.3) is 5.91 Å². The smallest absolute Gasteiger partial charge is 0.254 e. The van der Waals surface area contributed by atoms with Crippen LogP contribution in [0, 0.1) is 0 Å². The van der Waals surface area contributed by atoms with Crippen LogP contribution in [0.15, 0.2) is 34.6 Å². The Balaban J connectivity index is 1.26. The number of rotatable bonds is 5. The van der Waals surface area contributed by atoms with Gasteiger partial charge in [-0.1, -0.05) is 0 Å². The molecule has 1 aliphatic rings. The van der Waals surface area contributed by atoms with Gasteiger partial charge < -0.3 is 10.2 Å². The number of piperidine rings is 1. The van der Waals surface area contributed by atoms with E-state index in [0.29, 0.717) is 25.1 Å². The number of carbonyl (C=O) groups is 2. The lowest BCUT2D eigenvalue weighted by Crippen LogP contribution is -2.46. The maximum atomic E-state index is 12.6. The molecule has 4 rings (SSSR count). The molecule has 7 nitrogen and oxygen atoms in total. The van der Waals surface area contributed by atoms with E-state index in [1.54, 1.807) is 46.8 Å². The molecule has 0 radical (unpaired) electrons. The molecule has 146 valence electrons. The predicted molar refractivity (Wildman–Crippen MR) is 109 cm³/mol. The average molecular weight is 416 g/mol. The van der Waals surface area contributed by atoms with Crippen LogP contribution in [-0.2, 0) is 18.3 Å². The molecule has 0 bridgehead atoms. The topological polar surface area (TPSA) is 80.1 Å². The number of aromatic nitrogens is 3. The van der Waals surface area contributed by atoms with Gasteiger partial charge in [0.05, 0.1) is 23.9 Å². The van der Waals surface area contributed by atoms with E-state index in [0.717, 1.165) is 29.1 Å². The molecule has 0 unspecified atom stereocenters. The minimum Gasteiger partial charge on any atom is -0.349 e. The fourth-order valence-corrected chi connectivity index (χ4v) is 4.79. The largest absolute Gasteiger partial charge is 0.349 e. The van der Waals surface area contributed by atoms with Gasteiger partial charge in [0.15, 0.2) is 0 Å². The first-order valence-electron chi connectivity index (χ1n) is 9.13. The Kier molecular flexibility index (Phi) is 5.54. The molecule has 0 aliphatic carbocycles. The first-order valence-corrected chi connectivity index (χ1v) is 10.9. The summed E-state index contributed by atoms with van der Waals surface area (Å²) in [5.74, 6) is -0.0134. The number of nitrogens with zero attached hydrogens (tertiary/aromatic N) is 4. The Labute approximate surface area is 171 Å². The molecule has 9 heteroatoms. The van der Waals surface area contributed by atoms with Crippen molar-refractivity contribution < 1.29 is 9.59 Å². The molecule has 3 aromatic heterocycles. The zero-order chi connectivity index (χ0) is 19.5. The molecule has 1 fully saturated rings. The summed E-state index contributed by atoms with van der Waals surface area (Å²) in [5.41, 5.74) is 2.49. The van der Waals surface area contributed by atoms with Crippen molar-refractivity contribution in [3.8, 4) is 10.6 Å². The van der Waals surface area contributed by atoms with Crippen molar-refractivity contribution in [2.75, 3.05) is 13.1 Å². The molecular formula is C19H21N5O2S2. The number of likely N-dealkylation sites (tertiary alicyclic amines) is 1. The number of aryl methyl sites for hydroxylation is 1. The summed E-state index contributed by atoms with van der Waals surface area (Å²) in [5, 5.41) is 14.1. The fraction of sp³-hybridized carbons (Fsp3) is 0.368. The van der Waals surface area contributed by atoms with Gasteiger partial charge in [0.2, 0.25) is 5.91 Å². The van der Waals surface area contributed by atoms with Crippen LogP contribution in [0.1, 0.15) is 28.9 Å². The maximum Gasteiger partial charge on any atom is 0.254 e. The molecule has 1 aliphatic heterocycles. The summed E-state index contributed by atoms with van der Waals surface area (Å²) < 4.78 is 1.61. The highest BCUT2D eigenvalue weighted by Gasteiger charge is 2.25. The molecule has 4 heterocycles. The van der Waals surface area contributed by atoms with Crippen molar-refractivity contribution in [2.45, 2.75) is 25.3 Å². The molecule has 2 amide bonds. The standard InChI is InChI=1S/C19H21N5O2S2/c1-23-10-14(9-20-23)18(26)21-15-2-5-24(6-3-15)17(25)8-16-12-28-19(22-16)13-4-7-27-11-13/h4,7,9-12,15H,2-3,5-6,8H2,1H3,(H,21,26). The van der Waals surface area contributed by atoms with E-state index in [-0.39, 0.29) is 17.9 Å². The van der Waals surface area contributed by atoms with Gasteiger partial charge in [-0.2, -0.15) is 16.4 Å². The van der Waals surface area contributed by atoms with E-state index < -0.39 is 0 Å². The molecule has 1 N–H and O–H groups in total. The van der Waals surface area contributed by atoms with Crippen LogP contribution in [0.25, 0.3) is 10.6 Å². The van der Waals surface area contributed by atoms with E-state index in [9.17, 15) is 9.59 Å². The first-order chi connectivity index (χ1) is 13.6. The fourth-order valence-electron chi connectivity index (χ4n) is 3.25. The van der Waals surface area contributed by atoms with Crippen molar-refractivity contribution in [1.82, 2.24) is 25.0 Å². The summed E-state index contributed by atoms with van der Waals surface area (Å²) in [4.78, 5) is 31.3. The lowest BCUT2D eigenvalue weighted by molar-refractivity contribution is -0.131. The van der Waals surface area contributed by atoms with Crippen molar-refractivity contribution in [1.29, 1.82) is 0 Å². The highest BCUT2D eigenvalue weighted by Crippen LogP contribution is 2.26. The zero-order valence-corrected chi connectivity index (χ0v) is 17.1. The second-order valence-corrected chi connectivity index (χ2v) is 8.50. The number of thiazole rings is 1.